The van der Waals surface area contributed by atoms with Gasteiger partial charge in [-0.05, 0) is 63.4 Å². The van der Waals surface area contributed by atoms with Gasteiger partial charge >= 0.3 is 0 Å². The Morgan fingerprint density at radius 2 is 1.97 bits per heavy atom. The van der Waals surface area contributed by atoms with Gasteiger partial charge in [-0.1, -0.05) is 31.0 Å². The fourth-order valence-electron chi connectivity index (χ4n) is 5.97. The Balaban J connectivity index is 1.51. The molecule has 3 fully saturated rings. The molecule has 5 atom stereocenters. The smallest absolute Gasteiger partial charge is 0.225 e. The zero-order chi connectivity index (χ0) is 24.8. The first-order valence-corrected chi connectivity index (χ1v) is 13.6. The Kier molecular flexibility index (Phi) is 9.08. The number of benzene rings is 1. The third-order valence-corrected chi connectivity index (χ3v) is 8.33. The van der Waals surface area contributed by atoms with Crippen LogP contribution in [-0.2, 0) is 15.1 Å². The van der Waals surface area contributed by atoms with E-state index in [1.807, 2.05) is 29.2 Å². The van der Waals surface area contributed by atoms with Crippen LogP contribution in [0.3, 0.4) is 0 Å². The number of hydrogen-bond donors (Lipinski definition) is 3. The number of amides is 1. The fourth-order valence-corrected chi connectivity index (χ4v) is 5.97. The number of carbonyl (C=O) groups is 1. The molecule has 0 bridgehead atoms. The van der Waals surface area contributed by atoms with Crippen LogP contribution in [0.15, 0.2) is 24.3 Å². The van der Waals surface area contributed by atoms with E-state index >= 15 is 0 Å². The van der Waals surface area contributed by atoms with Crippen LogP contribution >= 0.6 is 0 Å². The van der Waals surface area contributed by atoms with Crippen molar-refractivity contribution >= 4 is 5.91 Å². The zero-order valence-corrected chi connectivity index (χ0v) is 21.2. The van der Waals surface area contributed by atoms with Crippen molar-refractivity contribution in [2.75, 3.05) is 33.4 Å². The van der Waals surface area contributed by atoms with Crippen molar-refractivity contribution in [3.05, 3.63) is 29.8 Å². The number of likely N-dealkylation sites (tertiary alicyclic amines) is 1. The number of nitrogens with two attached hydrogens (primary N) is 1. The van der Waals surface area contributed by atoms with E-state index in [0.717, 1.165) is 49.3 Å². The van der Waals surface area contributed by atoms with Crippen molar-refractivity contribution in [1.82, 2.24) is 4.90 Å². The number of piperidine rings is 1. The second-order valence-corrected chi connectivity index (χ2v) is 11.0. The molecule has 0 spiro atoms. The average molecular weight is 489 g/mol. The van der Waals surface area contributed by atoms with Gasteiger partial charge in [0, 0.05) is 50.2 Å². The number of hydrogen-bond acceptors (Lipinski definition) is 6. The van der Waals surface area contributed by atoms with Gasteiger partial charge in [0.15, 0.2) is 0 Å². The van der Waals surface area contributed by atoms with E-state index in [1.165, 1.54) is 12.8 Å². The van der Waals surface area contributed by atoms with Gasteiger partial charge in [-0.15, -0.1) is 0 Å². The average Bonchev–Trinajstić information content (AvgIpc) is 3.64. The van der Waals surface area contributed by atoms with Crippen molar-refractivity contribution in [2.45, 2.75) is 82.0 Å². The van der Waals surface area contributed by atoms with E-state index in [0.29, 0.717) is 45.6 Å². The monoisotopic (exact) mass is 488 g/mol. The Morgan fingerprint density at radius 1 is 1.17 bits per heavy atom. The highest BCUT2D eigenvalue weighted by molar-refractivity contribution is 5.79. The van der Waals surface area contributed by atoms with E-state index in [2.05, 4.69) is 0 Å². The summed E-state index contributed by atoms with van der Waals surface area (Å²) in [4.78, 5) is 15.2. The molecular formula is C28H44N2O5. The molecule has 0 unspecified atom stereocenters. The molecule has 4 N–H and O–H groups in total. The molecule has 7 nitrogen and oxygen atoms in total. The highest BCUT2D eigenvalue weighted by atomic mass is 16.5. The third kappa shape index (κ3) is 6.56. The van der Waals surface area contributed by atoms with Crippen LogP contribution < -0.4 is 10.5 Å². The molecule has 1 aromatic rings. The molecule has 0 aromatic heterocycles. The standard InChI is InChI=1S/C28H44N2O5/c1-34-15-5-4-13-28(33,23-8-2-3-9-26(23)35-16-12-20-10-11-20)22-7-6-14-30(19-22)27(32)21-17-24(29)25(31)18-21/h2-3,8-9,20-22,24-25,31,33H,4-7,10-19,29H2,1H3/t21-,22+,24+,25+,28-/m0/s1. The first kappa shape index (κ1) is 26.4. The summed E-state index contributed by atoms with van der Waals surface area (Å²) in [6.07, 6.45) is 8.00. The molecule has 1 saturated heterocycles. The second kappa shape index (κ2) is 12.0. The lowest BCUT2D eigenvalue weighted by Crippen LogP contribution is -2.49. The fraction of sp³-hybridized carbons (Fsp3) is 0.750. The number of rotatable bonds is 12. The molecular weight excluding hydrogens is 444 g/mol. The van der Waals surface area contributed by atoms with Gasteiger partial charge in [-0.2, -0.15) is 0 Å². The maximum atomic E-state index is 13.3. The summed E-state index contributed by atoms with van der Waals surface area (Å²) in [6.45, 7) is 2.53. The number of carbonyl (C=O) groups excluding carboxylic acids is 1. The van der Waals surface area contributed by atoms with E-state index in [9.17, 15) is 15.0 Å². The topological polar surface area (TPSA) is 105 Å². The Hall–Kier alpha value is -1.67. The third-order valence-electron chi connectivity index (χ3n) is 8.33. The Bertz CT molecular complexity index is 821. The summed E-state index contributed by atoms with van der Waals surface area (Å²) in [5, 5.41) is 22.4. The molecule has 0 radical (unpaired) electrons. The van der Waals surface area contributed by atoms with E-state index in [1.54, 1.807) is 7.11 Å². The van der Waals surface area contributed by atoms with Gasteiger partial charge in [-0.3, -0.25) is 4.79 Å². The van der Waals surface area contributed by atoms with Gasteiger partial charge in [-0.25, -0.2) is 0 Å². The highest BCUT2D eigenvalue weighted by Gasteiger charge is 2.44. The predicted molar refractivity (Wildman–Crippen MR) is 135 cm³/mol. The molecule has 196 valence electrons. The van der Waals surface area contributed by atoms with Crippen molar-refractivity contribution in [1.29, 1.82) is 0 Å². The van der Waals surface area contributed by atoms with Crippen LogP contribution in [0.1, 0.15) is 69.8 Å². The summed E-state index contributed by atoms with van der Waals surface area (Å²) in [5.41, 5.74) is 5.73. The number of aliphatic hydroxyl groups excluding tert-OH is 1. The summed E-state index contributed by atoms with van der Waals surface area (Å²) >= 11 is 0. The molecule has 2 saturated carbocycles. The molecule has 3 aliphatic rings. The lowest BCUT2D eigenvalue weighted by molar-refractivity contribution is -0.141. The highest BCUT2D eigenvalue weighted by Crippen LogP contribution is 2.44. The molecule has 4 rings (SSSR count). The number of unbranched alkanes of at least 4 members (excludes halogenated alkanes) is 1. The van der Waals surface area contributed by atoms with Crippen LogP contribution in [0.5, 0.6) is 5.75 Å². The summed E-state index contributed by atoms with van der Waals surface area (Å²) in [7, 11) is 1.70. The molecule has 1 aromatic carbocycles. The maximum absolute atomic E-state index is 13.3. The molecule has 1 aliphatic heterocycles. The van der Waals surface area contributed by atoms with Crippen LogP contribution in [-0.4, -0.2) is 66.6 Å². The SMILES string of the molecule is COCCCC[C@@](O)(c1ccccc1OCCC1CC1)[C@@H]1CCCN(C(=O)[C@H]2C[C@@H](N)[C@H](O)C2)C1. The van der Waals surface area contributed by atoms with Gasteiger partial charge in [0.25, 0.3) is 0 Å². The van der Waals surface area contributed by atoms with E-state index in [4.69, 9.17) is 15.2 Å². The number of ether oxygens (including phenoxy) is 2. The maximum Gasteiger partial charge on any atom is 0.225 e. The van der Waals surface area contributed by atoms with Crippen molar-refractivity contribution in [3.63, 3.8) is 0 Å². The lowest BCUT2D eigenvalue weighted by atomic mass is 9.73. The van der Waals surface area contributed by atoms with Crippen LogP contribution in [0.2, 0.25) is 0 Å². The minimum atomic E-state index is -1.09. The van der Waals surface area contributed by atoms with E-state index in [-0.39, 0.29) is 23.8 Å². The van der Waals surface area contributed by atoms with Crippen molar-refractivity contribution < 1.29 is 24.5 Å². The summed E-state index contributed by atoms with van der Waals surface area (Å²) in [5.74, 6) is 1.30. The first-order valence-electron chi connectivity index (χ1n) is 13.6. The molecule has 35 heavy (non-hydrogen) atoms. The molecule has 2 aliphatic carbocycles. The minimum Gasteiger partial charge on any atom is -0.493 e. The zero-order valence-electron chi connectivity index (χ0n) is 21.2. The van der Waals surface area contributed by atoms with Crippen molar-refractivity contribution in [3.8, 4) is 5.75 Å². The van der Waals surface area contributed by atoms with E-state index < -0.39 is 11.7 Å². The number of nitrogens with zero attached hydrogens (tertiary/aromatic N) is 1. The number of para-hydroxylation sites is 1. The minimum absolute atomic E-state index is 0.0670. The van der Waals surface area contributed by atoms with Gasteiger partial charge in [0.2, 0.25) is 5.91 Å². The Morgan fingerprint density at radius 3 is 2.69 bits per heavy atom. The van der Waals surface area contributed by atoms with Gasteiger partial charge in [0.1, 0.15) is 5.75 Å². The first-order chi connectivity index (χ1) is 16.9. The molecule has 7 heteroatoms. The second-order valence-electron chi connectivity index (χ2n) is 11.0. The van der Waals surface area contributed by atoms with Gasteiger partial charge in [0.05, 0.1) is 18.3 Å². The number of aliphatic hydroxyl groups is 2. The Labute approximate surface area is 210 Å². The molecule has 1 heterocycles. The summed E-state index contributed by atoms with van der Waals surface area (Å²) < 4.78 is 11.5. The normalized spacial score (nSPS) is 28.6. The van der Waals surface area contributed by atoms with Crippen LogP contribution in [0.25, 0.3) is 0 Å². The van der Waals surface area contributed by atoms with Crippen LogP contribution in [0.4, 0.5) is 0 Å². The number of methoxy groups -OCH3 is 1. The summed E-state index contributed by atoms with van der Waals surface area (Å²) in [6, 6.07) is 7.57. The predicted octanol–water partition coefficient (Wildman–Crippen LogP) is 3.21. The molecule has 1 amide bonds. The largest absolute Gasteiger partial charge is 0.493 e. The van der Waals surface area contributed by atoms with Crippen molar-refractivity contribution in [2.24, 2.45) is 23.5 Å². The van der Waals surface area contributed by atoms with Gasteiger partial charge < -0.3 is 30.3 Å². The quantitative estimate of drug-likeness (QED) is 0.390. The van der Waals surface area contributed by atoms with Crippen LogP contribution in [0, 0.1) is 17.8 Å². The lowest BCUT2D eigenvalue weighted by Gasteiger charge is -2.44.